The predicted octanol–water partition coefficient (Wildman–Crippen LogP) is 20.8. The van der Waals surface area contributed by atoms with Gasteiger partial charge in [-0.05, 0) is 217 Å². The van der Waals surface area contributed by atoms with Gasteiger partial charge in [0.2, 0.25) is 0 Å². The van der Waals surface area contributed by atoms with Gasteiger partial charge in [0.1, 0.15) is 0 Å². The fraction of sp³-hybridized carbons (Fsp3) is 0.385. The molecule has 0 radical (unpaired) electrons. The van der Waals surface area contributed by atoms with Crippen LogP contribution in [0.25, 0.3) is 20.2 Å². The molecule has 0 bridgehead atoms. The van der Waals surface area contributed by atoms with Crippen LogP contribution in [0.5, 0.6) is 0 Å². The molecule has 8 aromatic carbocycles. The summed E-state index contributed by atoms with van der Waals surface area (Å²) in [4.78, 5) is 7.99. The Morgan fingerprint density at radius 3 is 1.45 bits per heavy atom. The second kappa shape index (κ2) is 18.5. The lowest BCUT2D eigenvalue weighted by Crippen LogP contribution is -2.62. The lowest BCUT2D eigenvalue weighted by atomic mass is 9.33. The van der Waals surface area contributed by atoms with E-state index in [4.69, 9.17) is 0 Å². The van der Waals surface area contributed by atoms with E-state index in [1.807, 2.05) is 11.3 Å². The molecule has 3 nitrogen and oxygen atoms in total. The third kappa shape index (κ3) is 8.93. The van der Waals surface area contributed by atoms with Gasteiger partial charge in [0.25, 0.3) is 6.71 Å². The molecule has 5 heteroatoms. The highest BCUT2D eigenvalue weighted by Crippen LogP contribution is 2.54. The minimum atomic E-state index is -0.162. The highest BCUT2D eigenvalue weighted by Gasteiger charge is 2.48. The smallest absolute Gasteiger partial charge is 0.252 e. The normalized spacial score (nSPS) is 17.5. The SMILES string of the molecule is Cc1cc(C(C)(C)C)ccc1N(c1ccc2c(c1)N(c1ccc3c(c1)sc1ccccc13)c1cc(C(C)(C)C)cc3c1B2c1cc2c(cc1N3c1ccc3c(c1)C(C)(C)CCC3(C)C)C(C)(C)CCC2(C)C)c1ccc(C(C)(C)C)cc1C. The van der Waals surface area contributed by atoms with Gasteiger partial charge in [-0.2, -0.15) is 0 Å². The first kappa shape index (κ1) is 55.6. The van der Waals surface area contributed by atoms with Crippen molar-refractivity contribution in [1.29, 1.82) is 0 Å². The summed E-state index contributed by atoms with van der Waals surface area (Å²) in [6, 6.07) is 56.4. The number of rotatable bonds is 5. The molecule has 0 unspecified atom stereocenters. The van der Waals surface area contributed by atoms with E-state index in [2.05, 4.69) is 286 Å². The Morgan fingerprint density at radius 1 is 0.410 bits per heavy atom. The molecular weight excluding hydrogens is 1020 g/mol. The van der Waals surface area contributed by atoms with E-state index in [0.29, 0.717) is 0 Å². The maximum atomic E-state index is 2.73. The monoisotopic (exact) mass is 1110 g/mol. The highest BCUT2D eigenvalue weighted by molar-refractivity contribution is 7.25. The summed E-state index contributed by atoms with van der Waals surface area (Å²) in [5.74, 6) is 0. The van der Waals surface area contributed by atoms with Crippen molar-refractivity contribution in [3.63, 3.8) is 0 Å². The lowest BCUT2D eigenvalue weighted by molar-refractivity contribution is 0.332. The van der Waals surface area contributed by atoms with Gasteiger partial charge in [-0.1, -0.05) is 184 Å². The highest BCUT2D eigenvalue weighted by atomic mass is 32.1. The van der Waals surface area contributed by atoms with Gasteiger partial charge in [-0.25, -0.2) is 0 Å². The van der Waals surface area contributed by atoms with Crippen LogP contribution in [0.1, 0.15) is 193 Å². The average molecular weight is 1110 g/mol. The van der Waals surface area contributed by atoms with E-state index < -0.39 is 0 Å². The first-order chi connectivity index (χ1) is 38.8. The Kier molecular flexibility index (Phi) is 12.4. The Hall–Kier alpha value is -6.56. The quantitative estimate of drug-likeness (QED) is 0.159. The number of anilines is 9. The van der Waals surface area contributed by atoms with E-state index in [1.165, 1.54) is 145 Å². The molecule has 83 heavy (non-hydrogen) atoms. The molecule has 0 spiro atoms. The van der Waals surface area contributed by atoms with Crippen molar-refractivity contribution in [2.75, 3.05) is 14.7 Å². The molecule has 0 fully saturated rings. The van der Waals surface area contributed by atoms with Gasteiger partial charge in [0.15, 0.2) is 0 Å². The number of benzene rings is 8. The molecule has 0 saturated carbocycles. The van der Waals surface area contributed by atoms with Crippen LogP contribution < -0.4 is 31.1 Å². The molecule has 13 rings (SSSR count). The maximum absolute atomic E-state index is 2.73. The zero-order valence-electron chi connectivity index (χ0n) is 53.4. The Labute approximate surface area is 502 Å². The second-order valence-corrected chi connectivity index (χ2v) is 32.4. The molecular formula is C78H88BN3S. The van der Waals surface area contributed by atoms with Crippen LogP contribution in [-0.2, 0) is 37.9 Å². The van der Waals surface area contributed by atoms with Crippen LogP contribution in [0, 0.1) is 13.8 Å². The number of hydrogen-bond donors (Lipinski definition) is 0. The molecule has 2 aliphatic carbocycles. The van der Waals surface area contributed by atoms with Gasteiger partial charge in [-0.15, -0.1) is 11.3 Å². The lowest BCUT2D eigenvalue weighted by Gasteiger charge is -2.48. The first-order valence-electron chi connectivity index (χ1n) is 31.0. The number of thiophene rings is 1. The largest absolute Gasteiger partial charge is 0.311 e. The van der Waals surface area contributed by atoms with Crippen molar-refractivity contribution in [2.45, 2.75) is 195 Å². The summed E-state index contributed by atoms with van der Waals surface area (Å²) >= 11 is 1.91. The minimum Gasteiger partial charge on any atom is -0.311 e. The van der Waals surface area contributed by atoms with E-state index in [-0.39, 0.29) is 44.6 Å². The molecule has 1 aromatic heterocycles. The van der Waals surface area contributed by atoms with Crippen LogP contribution >= 0.6 is 11.3 Å². The van der Waals surface area contributed by atoms with Crippen molar-refractivity contribution in [2.24, 2.45) is 0 Å². The van der Waals surface area contributed by atoms with Crippen LogP contribution in [0.3, 0.4) is 0 Å². The third-order valence-electron chi connectivity index (χ3n) is 20.5. The van der Waals surface area contributed by atoms with E-state index in [1.54, 1.807) is 0 Å². The number of aryl methyl sites for hydroxylation is 2. The van der Waals surface area contributed by atoms with E-state index in [9.17, 15) is 0 Å². The zero-order chi connectivity index (χ0) is 59.0. The average Bonchev–Trinajstić information content (AvgIpc) is 1.04. The Bertz CT molecular complexity index is 4100. The van der Waals surface area contributed by atoms with Crippen molar-refractivity contribution in [3.05, 3.63) is 190 Å². The van der Waals surface area contributed by atoms with Gasteiger partial charge >= 0.3 is 0 Å². The molecule has 0 N–H and O–H groups in total. The predicted molar refractivity (Wildman–Crippen MR) is 364 cm³/mol. The van der Waals surface area contributed by atoms with Crippen molar-refractivity contribution in [3.8, 4) is 0 Å². The summed E-state index contributed by atoms with van der Waals surface area (Å²) < 4.78 is 2.63. The van der Waals surface area contributed by atoms with Crippen molar-refractivity contribution >= 4 is 106 Å². The third-order valence-corrected chi connectivity index (χ3v) is 21.6. The molecule has 0 saturated heterocycles. The first-order valence-corrected chi connectivity index (χ1v) is 31.8. The standard InChI is InChI=1S/C78H88BN3S/c1-47-38-49(72(3,4)5)24-32-63(47)80(64-33-25-50(39-48(64)2)73(6,7)8)53-28-31-61-65(43-53)82(54-26-29-56-55-22-20-21-23-69(55)83-70(56)44-54)68-41-51(74(9,10)11)40-67-71(68)79(61)62-45-59-60(78(18,19)37-36-77(59,16)17)46-66(62)81(67)52-27-30-57-58(42-52)76(14,15)35-34-75(57,12)13/h20-33,38-46H,34-37H2,1-19H3. The molecule has 0 amide bonds. The Balaban J connectivity index is 1.15. The second-order valence-electron chi connectivity index (χ2n) is 31.4. The van der Waals surface area contributed by atoms with E-state index >= 15 is 0 Å². The summed E-state index contributed by atoms with van der Waals surface area (Å²) in [6.45, 7) is 45.6. The summed E-state index contributed by atoms with van der Waals surface area (Å²) in [5.41, 5.74) is 27.8. The topological polar surface area (TPSA) is 9.72 Å². The molecule has 9 aromatic rings. The molecule has 2 aliphatic heterocycles. The van der Waals surface area contributed by atoms with Crippen LogP contribution in [-0.4, -0.2) is 6.71 Å². The molecule has 3 heterocycles. The van der Waals surface area contributed by atoms with Crippen molar-refractivity contribution in [1.82, 2.24) is 0 Å². The summed E-state index contributed by atoms with van der Waals surface area (Å²) in [5, 5.41) is 2.63. The summed E-state index contributed by atoms with van der Waals surface area (Å²) in [6.07, 6.45) is 4.67. The molecule has 0 atom stereocenters. The van der Waals surface area contributed by atoms with Crippen LogP contribution in [0.2, 0.25) is 0 Å². The Morgan fingerprint density at radius 2 is 0.892 bits per heavy atom. The number of nitrogens with zero attached hydrogens (tertiary/aromatic N) is 3. The van der Waals surface area contributed by atoms with Gasteiger partial charge in [-0.3, -0.25) is 0 Å². The number of hydrogen-bond acceptors (Lipinski definition) is 4. The number of fused-ring (bicyclic) bond motifs is 9. The van der Waals surface area contributed by atoms with E-state index in [0.717, 1.165) is 18.5 Å². The molecule has 4 aliphatic rings. The van der Waals surface area contributed by atoms with Crippen molar-refractivity contribution < 1.29 is 0 Å². The van der Waals surface area contributed by atoms with Crippen LogP contribution in [0.4, 0.5) is 51.2 Å². The molecule has 424 valence electrons. The van der Waals surface area contributed by atoms with Crippen LogP contribution in [0.15, 0.2) is 140 Å². The fourth-order valence-corrected chi connectivity index (χ4v) is 16.0. The van der Waals surface area contributed by atoms with Gasteiger partial charge in [0, 0.05) is 71.4 Å². The maximum Gasteiger partial charge on any atom is 0.252 e. The van der Waals surface area contributed by atoms with Gasteiger partial charge in [0.05, 0.1) is 0 Å². The fourth-order valence-electron chi connectivity index (χ4n) is 14.9. The zero-order valence-corrected chi connectivity index (χ0v) is 54.3. The summed E-state index contributed by atoms with van der Waals surface area (Å²) in [7, 11) is 0. The van der Waals surface area contributed by atoms with Gasteiger partial charge < -0.3 is 14.7 Å². The minimum absolute atomic E-state index is 0.0136.